The van der Waals surface area contributed by atoms with E-state index in [-0.39, 0.29) is 5.75 Å². The monoisotopic (exact) mass is 328 g/mol. The van der Waals surface area contributed by atoms with E-state index in [0.717, 1.165) is 0 Å². The van der Waals surface area contributed by atoms with Gasteiger partial charge in [0.1, 0.15) is 0 Å². The summed E-state index contributed by atoms with van der Waals surface area (Å²) < 4.78 is 5.09. The number of hydrogen-bond acceptors (Lipinski definition) is 4. The molecule has 3 rings (SSSR count). The molecule has 0 amide bonds. The van der Waals surface area contributed by atoms with Gasteiger partial charge in [-0.3, -0.25) is 0 Å². The molecule has 1 heterocycles. The SMILES string of the molecule is COc1cc(-c2cc(-c3ccccc3Cl)nc(=O)[nH]2)ccc1O. The molecule has 23 heavy (non-hydrogen) atoms. The van der Waals surface area contributed by atoms with E-state index >= 15 is 0 Å². The summed E-state index contributed by atoms with van der Waals surface area (Å²) in [6, 6.07) is 13.7. The van der Waals surface area contributed by atoms with Crippen LogP contribution in [0.3, 0.4) is 0 Å². The van der Waals surface area contributed by atoms with Gasteiger partial charge in [0, 0.05) is 16.1 Å². The van der Waals surface area contributed by atoms with Gasteiger partial charge in [-0.15, -0.1) is 0 Å². The summed E-state index contributed by atoms with van der Waals surface area (Å²) in [5.74, 6) is 0.346. The van der Waals surface area contributed by atoms with Crippen LogP contribution in [-0.2, 0) is 0 Å². The van der Waals surface area contributed by atoms with Crippen molar-refractivity contribution in [2.24, 2.45) is 0 Å². The van der Waals surface area contributed by atoms with Gasteiger partial charge in [0.15, 0.2) is 11.5 Å². The predicted octanol–water partition coefficient (Wildman–Crippen LogP) is 3.47. The minimum absolute atomic E-state index is 0.0268. The molecule has 0 saturated heterocycles. The van der Waals surface area contributed by atoms with Crippen LogP contribution in [0.5, 0.6) is 11.5 Å². The number of ether oxygens (including phenoxy) is 1. The fourth-order valence-corrected chi connectivity index (χ4v) is 2.50. The van der Waals surface area contributed by atoms with Gasteiger partial charge in [-0.1, -0.05) is 29.8 Å². The first-order valence-electron chi connectivity index (χ1n) is 6.82. The minimum Gasteiger partial charge on any atom is -0.504 e. The van der Waals surface area contributed by atoms with Crippen LogP contribution in [0.25, 0.3) is 22.5 Å². The van der Waals surface area contributed by atoms with Crippen molar-refractivity contribution < 1.29 is 9.84 Å². The third kappa shape index (κ3) is 3.05. The molecule has 0 saturated carbocycles. The molecule has 2 N–H and O–H groups in total. The number of halogens is 1. The number of phenolic OH excluding ortho intramolecular Hbond substituents is 1. The van der Waals surface area contributed by atoms with Crippen molar-refractivity contribution >= 4 is 11.6 Å². The maximum atomic E-state index is 11.9. The maximum absolute atomic E-state index is 11.9. The van der Waals surface area contributed by atoms with Gasteiger partial charge in [-0.25, -0.2) is 4.79 Å². The van der Waals surface area contributed by atoms with Crippen LogP contribution in [0.15, 0.2) is 53.3 Å². The van der Waals surface area contributed by atoms with Gasteiger partial charge < -0.3 is 14.8 Å². The number of aromatic nitrogens is 2. The van der Waals surface area contributed by atoms with Crippen molar-refractivity contribution in [1.82, 2.24) is 9.97 Å². The van der Waals surface area contributed by atoms with Crippen LogP contribution in [0.2, 0.25) is 5.02 Å². The Labute approximate surface area is 137 Å². The van der Waals surface area contributed by atoms with Crippen molar-refractivity contribution in [2.75, 3.05) is 7.11 Å². The van der Waals surface area contributed by atoms with Gasteiger partial charge in [-0.2, -0.15) is 4.98 Å². The lowest BCUT2D eigenvalue weighted by Gasteiger charge is -2.08. The average molecular weight is 329 g/mol. The quantitative estimate of drug-likeness (QED) is 0.772. The highest BCUT2D eigenvalue weighted by Gasteiger charge is 2.10. The highest BCUT2D eigenvalue weighted by molar-refractivity contribution is 6.33. The summed E-state index contributed by atoms with van der Waals surface area (Å²) in [7, 11) is 1.46. The Balaban J connectivity index is 2.15. The Bertz CT molecular complexity index is 922. The van der Waals surface area contributed by atoms with Crippen LogP contribution in [0, 0.1) is 0 Å². The van der Waals surface area contributed by atoms with E-state index in [1.807, 2.05) is 12.1 Å². The van der Waals surface area contributed by atoms with Crippen molar-refractivity contribution in [2.45, 2.75) is 0 Å². The molecule has 5 nitrogen and oxygen atoms in total. The van der Waals surface area contributed by atoms with E-state index in [9.17, 15) is 9.90 Å². The Morgan fingerprint density at radius 3 is 2.70 bits per heavy atom. The maximum Gasteiger partial charge on any atom is 0.345 e. The molecule has 1 aromatic heterocycles. The number of phenols is 1. The topological polar surface area (TPSA) is 75.2 Å². The van der Waals surface area contributed by atoms with Crippen LogP contribution in [0.4, 0.5) is 0 Å². The molecule has 0 bridgehead atoms. The zero-order valence-corrected chi connectivity index (χ0v) is 13.0. The first-order chi connectivity index (χ1) is 11.1. The molecule has 0 aliphatic rings. The highest BCUT2D eigenvalue weighted by Crippen LogP contribution is 2.32. The summed E-state index contributed by atoms with van der Waals surface area (Å²) in [5, 5.41) is 10.2. The van der Waals surface area contributed by atoms with Gasteiger partial charge in [-0.05, 0) is 30.3 Å². The number of nitrogens with one attached hydrogen (secondary N) is 1. The second kappa shape index (κ2) is 6.14. The largest absolute Gasteiger partial charge is 0.504 e. The number of methoxy groups -OCH3 is 1. The zero-order chi connectivity index (χ0) is 16.4. The van der Waals surface area contributed by atoms with Crippen LogP contribution < -0.4 is 10.4 Å². The second-order valence-corrected chi connectivity index (χ2v) is 5.26. The van der Waals surface area contributed by atoms with E-state index < -0.39 is 5.69 Å². The number of hydrogen-bond donors (Lipinski definition) is 2. The third-order valence-electron chi connectivity index (χ3n) is 3.39. The van der Waals surface area contributed by atoms with E-state index in [1.165, 1.54) is 13.2 Å². The molecule has 116 valence electrons. The van der Waals surface area contributed by atoms with Gasteiger partial charge in [0.2, 0.25) is 0 Å². The number of benzene rings is 2. The molecular weight excluding hydrogens is 316 g/mol. The molecule has 0 spiro atoms. The van der Waals surface area contributed by atoms with E-state index in [2.05, 4.69) is 9.97 Å². The van der Waals surface area contributed by atoms with Crippen LogP contribution >= 0.6 is 11.6 Å². The summed E-state index contributed by atoms with van der Waals surface area (Å²) in [4.78, 5) is 18.6. The van der Waals surface area contributed by atoms with Crippen molar-refractivity contribution in [3.8, 4) is 34.0 Å². The Hall–Kier alpha value is -2.79. The van der Waals surface area contributed by atoms with Gasteiger partial charge >= 0.3 is 5.69 Å². The molecule has 0 radical (unpaired) electrons. The van der Waals surface area contributed by atoms with Gasteiger partial charge in [0.25, 0.3) is 0 Å². The van der Waals surface area contributed by atoms with E-state index in [1.54, 1.807) is 30.3 Å². The fraction of sp³-hybridized carbons (Fsp3) is 0.0588. The lowest BCUT2D eigenvalue weighted by atomic mass is 10.1. The summed E-state index contributed by atoms with van der Waals surface area (Å²) in [6.45, 7) is 0. The first kappa shape index (κ1) is 15.1. The Morgan fingerprint density at radius 1 is 1.17 bits per heavy atom. The normalized spacial score (nSPS) is 10.5. The highest BCUT2D eigenvalue weighted by atomic mass is 35.5. The molecule has 0 aliphatic heterocycles. The minimum atomic E-state index is -0.482. The number of aromatic amines is 1. The molecule has 6 heteroatoms. The second-order valence-electron chi connectivity index (χ2n) is 4.85. The lowest BCUT2D eigenvalue weighted by molar-refractivity contribution is 0.373. The summed E-state index contributed by atoms with van der Waals surface area (Å²) in [5.41, 5.74) is 1.91. The van der Waals surface area contributed by atoms with Crippen molar-refractivity contribution in [3.05, 3.63) is 64.0 Å². The summed E-state index contributed by atoms with van der Waals surface area (Å²) in [6.07, 6.45) is 0. The van der Waals surface area contributed by atoms with Crippen molar-refractivity contribution in [1.29, 1.82) is 0 Å². The Kier molecular flexibility index (Phi) is 4.04. The number of H-pyrrole nitrogens is 1. The smallest absolute Gasteiger partial charge is 0.345 e. The molecule has 3 aromatic rings. The molecule has 0 atom stereocenters. The molecule has 2 aromatic carbocycles. The van der Waals surface area contributed by atoms with E-state index in [4.69, 9.17) is 16.3 Å². The van der Waals surface area contributed by atoms with Crippen molar-refractivity contribution in [3.63, 3.8) is 0 Å². The summed E-state index contributed by atoms with van der Waals surface area (Å²) >= 11 is 6.17. The number of aromatic hydroxyl groups is 1. The number of rotatable bonds is 3. The standard InChI is InChI=1S/C17H13ClN2O3/c1-23-16-8-10(6-7-15(16)21)13-9-14(20-17(22)19-13)11-4-2-3-5-12(11)18/h2-9,21H,1H3,(H,19,20,22). The predicted molar refractivity (Wildman–Crippen MR) is 89.0 cm³/mol. The van der Waals surface area contributed by atoms with Crippen LogP contribution in [-0.4, -0.2) is 22.2 Å². The first-order valence-corrected chi connectivity index (χ1v) is 7.20. The molecule has 0 fully saturated rings. The molecule has 0 aliphatic carbocycles. The lowest BCUT2D eigenvalue weighted by Crippen LogP contribution is -2.12. The number of nitrogens with zero attached hydrogens (tertiary/aromatic N) is 1. The van der Waals surface area contributed by atoms with E-state index in [0.29, 0.717) is 33.3 Å². The Morgan fingerprint density at radius 2 is 1.96 bits per heavy atom. The molecular formula is C17H13ClN2O3. The van der Waals surface area contributed by atoms with Crippen LogP contribution in [0.1, 0.15) is 0 Å². The molecule has 0 unspecified atom stereocenters. The fourth-order valence-electron chi connectivity index (χ4n) is 2.27. The third-order valence-corrected chi connectivity index (χ3v) is 3.71. The zero-order valence-electron chi connectivity index (χ0n) is 12.2. The average Bonchev–Trinajstić information content (AvgIpc) is 2.55. The van der Waals surface area contributed by atoms with Gasteiger partial charge in [0.05, 0.1) is 18.5 Å².